The Morgan fingerprint density at radius 1 is 1.71 bits per heavy atom. The minimum atomic E-state index is -0.474. The van der Waals surface area contributed by atoms with Crippen LogP contribution in [0.15, 0.2) is 6.33 Å². The second kappa shape index (κ2) is 5.44. The molecule has 1 aliphatic rings. The van der Waals surface area contributed by atoms with Gasteiger partial charge in [0.05, 0.1) is 13.4 Å². The fraction of sp³-hybridized carbons (Fsp3) is 0.636. The molecule has 1 aromatic heterocycles. The first kappa shape index (κ1) is 12.3. The van der Waals surface area contributed by atoms with E-state index in [0.29, 0.717) is 11.1 Å². The summed E-state index contributed by atoms with van der Waals surface area (Å²) >= 11 is 1.97. The maximum Gasteiger partial charge on any atom is 0.360 e. The highest BCUT2D eigenvalue weighted by Gasteiger charge is 2.19. The van der Waals surface area contributed by atoms with Crippen molar-refractivity contribution in [3.05, 3.63) is 12.0 Å². The number of anilines is 1. The third kappa shape index (κ3) is 2.74. The van der Waals surface area contributed by atoms with Crippen molar-refractivity contribution in [2.75, 3.05) is 18.6 Å². The molecule has 0 aromatic carbocycles. The maximum absolute atomic E-state index is 11.4. The van der Waals surface area contributed by atoms with Crippen molar-refractivity contribution in [2.24, 2.45) is 0 Å². The molecule has 1 aromatic rings. The topological polar surface area (TPSA) is 70.1 Å². The van der Waals surface area contributed by atoms with Crippen LogP contribution in [0, 0.1) is 0 Å². The van der Waals surface area contributed by atoms with Crippen LogP contribution in [-0.4, -0.2) is 33.6 Å². The van der Waals surface area contributed by atoms with Gasteiger partial charge in [-0.05, 0) is 18.6 Å². The number of aromatic nitrogens is 2. The van der Waals surface area contributed by atoms with Gasteiger partial charge in [-0.25, -0.2) is 9.78 Å². The Bertz CT molecular complexity index is 399. The molecule has 17 heavy (non-hydrogen) atoms. The predicted molar refractivity (Wildman–Crippen MR) is 68.1 cm³/mol. The van der Waals surface area contributed by atoms with E-state index in [0.717, 1.165) is 6.54 Å². The van der Waals surface area contributed by atoms with Gasteiger partial charge in [0.2, 0.25) is 0 Å². The zero-order valence-electron chi connectivity index (χ0n) is 9.89. The lowest BCUT2D eigenvalue weighted by Gasteiger charge is -2.21. The summed E-state index contributed by atoms with van der Waals surface area (Å²) in [4.78, 5) is 15.4. The van der Waals surface area contributed by atoms with Gasteiger partial charge in [-0.3, -0.25) is 0 Å². The van der Waals surface area contributed by atoms with Gasteiger partial charge >= 0.3 is 5.97 Å². The number of hydrogen-bond donors (Lipinski definition) is 1. The number of thioether (sulfide) groups is 1. The molecule has 0 amide bonds. The van der Waals surface area contributed by atoms with Crippen LogP contribution in [-0.2, 0) is 11.3 Å². The quantitative estimate of drug-likeness (QED) is 0.830. The minimum absolute atomic E-state index is 0.216. The van der Waals surface area contributed by atoms with E-state index in [1.54, 1.807) is 6.33 Å². The molecule has 2 N–H and O–H groups in total. The van der Waals surface area contributed by atoms with Crippen LogP contribution >= 0.6 is 11.8 Å². The molecule has 2 rings (SSSR count). The Balaban J connectivity index is 2.06. The molecule has 1 aliphatic heterocycles. The molecule has 0 spiro atoms. The van der Waals surface area contributed by atoms with E-state index in [-0.39, 0.29) is 5.69 Å². The molecule has 0 bridgehead atoms. The van der Waals surface area contributed by atoms with Crippen molar-refractivity contribution in [1.82, 2.24) is 9.55 Å². The first-order valence-corrected chi connectivity index (χ1v) is 6.77. The van der Waals surface area contributed by atoms with Crippen molar-refractivity contribution >= 4 is 23.5 Å². The average Bonchev–Trinajstić information content (AvgIpc) is 2.72. The van der Waals surface area contributed by atoms with Crippen LogP contribution in [0.3, 0.4) is 0 Å². The Hall–Kier alpha value is -1.17. The molecule has 0 radical (unpaired) electrons. The van der Waals surface area contributed by atoms with E-state index in [2.05, 4.69) is 9.72 Å². The molecule has 5 nitrogen and oxygen atoms in total. The molecule has 1 atom stereocenters. The Kier molecular flexibility index (Phi) is 3.93. The number of nitrogen functional groups attached to an aromatic ring is 1. The highest BCUT2D eigenvalue weighted by Crippen LogP contribution is 2.27. The molecular formula is C11H17N3O2S. The zero-order valence-corrected chi connectivity index (χ0v) is 10.7. The summed E-state index contributed by atoms with van der Waals surface area (Å²) in [5.74, 6) is 1.14. The molecule has 0 aliphatic carbocycles. The number of ether oxygens (including phenoxy) is 1. The van der Waals surface area contributed by atoms with E-state index in [1.165, 1.54) is 32.1 Å². The third-order valence-electron chi connectivity index (χ3n) is 2.93. The van der Waals surface area contributed by atoms with Crippen molar-refractivity contribution < 1.29 is 9.53 Å². The van der Waals surface area contributed by atoms with Gasteiger partial charge < -0.3 is 15.0 Å². The monoisotopic (exact) mass is 255 g/mol. The van der Waals surface area contributed by atoms with Gasteiger partial charge in [0.15, 0.2) is 5.69 Å². The Morgan fingerprint density at radius 3 is 3.18 bits per heavy atom. The van der Waals surface area contributed by atoms with E-state index in [4.69, 9.17) is 5.73 Å². The van der Waals surface area contributed by atoms with Crippen LogP contribution in [0.2, 0.25) is 0 Å². The largest absolute Gasteiger partial charge is 0.464 e. The van der Waals surface area contributed by atoms with Crippen LogP contribution in [0.1, 0.15) is 29.8 Å². The van der Waals surface area contributed by atoms with Crippen molar-refractivity contribution in [2.45, 2.75) is 31.1 Å². The van der Waals surface area contributed by atoms with Gasteiger partial charge in [-0.15, -0.1) is 0 Å². The van der Waals surface area contributed by atoms with E-state index in [1.807, 2.05) is 16.3 Å². The summed E-state index contributed by atoms with van der Waals surface area (Å²) in [5, 5.41) is 0.575. The van der Waals surface area contributed by atoms with Gasteiger partial charge in [0.25, 0.3) is 0 Å². The molecule has 2 heterocycles. The van der Waals surface area contributed by atoms with Crippen LogP contribution in [0.4, 0.5) is 5.82 Å². The fourth-order valence-corrected chi connectivity index (χ4v) is 3.27. The van der Waals surface area contributed by atoms with Gasteiger partial charge in [0, 0.05) is 11.8 Å². The van der Waals surface area contributed by atoms with Crippen LogP contribution < -0.4 is 5.73 Å². The van der Waals surface area contributed by atoms with E-state index >= 15 is 0 Å². The fourth-order valence-electron chi connectivity index (χ4n) is 1.96. The number of esters is 1. The predicted octanol–water partition coefficient (Wildman–Crippen LogP) is 1.54. The zero-order chi connectivity index (χ0) is 12.3. The summed E-state index contributed by atoms with van der Waals surface area (Å²) in [6.07, 6.45) is 5.40. The summed E-state index contributed by atoms with van der Waals surface area (Å²) in [6, 6.07) is 0. The molecule has 1 fully saturated rings. The minimum Gasteiger partial charge on any atom is -0.464 e. The summed E-state index contributed by atoms with van der Waals surface area (Å²) < 4.78 is 6.46. The molecule has 1 unspecified atom stereocenters. The Labute approximate surface area is 105 Å². The van der Waals surface area contributed by atoms with E-state index in [9.17, 15) is 4.79 Å². The maximum atomic E-state index is 11.4. The number of methoxy groups -OCH3 is 1. The van der Waals surface area contributed by atoms with Crippen molar-refractivity contribution in [3.8, 4) is 0 Å². The summed E-state index contributed by atoms with van der Waals surface area (Å²) in [5.41, 5.74) is 6.10. The van der Waals surface area contributed by atoms with E-state index < -0.39 is 5.97 Å². The van der Waals surface area contributed by atoms with Gasteiger partial charge in [-0.2, -0.15) is 11.8 Å². The highest BCUT2D eigenvalue weighted by molar-refractivity contribution is 7.99. The lowest BCUT2D eigenvalue weighted by Crippen LogP contribution is -2.18. The number of nitrogens with zero attached hydrogens (tertiary/aromatic N) is 2. The SMILES string of the molecule is COC(=O)c1ncn(CC2CCCCS2)c1N. The first-order valence-electron chi connectivity index (χ1n) is 5.73. The standard InChI is InChI=1S/C11H17N3O2S/c1-16-11(15)9-10(12)14(7-13-9)6-8-4-2-3-5-17-8/h7-8H,2-6,12H2,1H3. The van der Waals surface area contributed by atoms with Gasteiger partial charge in [-0.1, -0.05) is 6.42 Å². The molecule has 1 saturated heterocycles. The second-order valence-electron chi connectivity index (χ2n) is 4.11. The molecular weight excluding hydrogens is 238 g/mol. The van der Waals surface area contributed by atoms with Crippen LogP contribution in [0.5, 0.6) is 0 Å². The number of nitrogens with two attached hydrogens (primary N) is 1. The number of hydrogen-bond acceptors (Lipinski definition) is 5. The first-order chi connectivity index (χ1) is 8.22. The number of carbonyl (C=O) groups is 1. The summed E-state index contributed by atoms with van der Waals surface area (Å²) in [6.45, 7) is 0.820. The molecule has 6 heteroatoms. The molecule has 94 valence electrons. The van der Waals surface area contributed by atoms with Crippen molar-refractivity contribution in [3.63, 3.8) is 0 Å². The molecule has 0 saturated carbocycles. The third-order valence-corrected chi connectivity index (χ3v) is 4.31. The lowest BCUT2D eigenvalue weighted by atomic mass is 10.2. The number of imidazole rings is 1. The lowest BCUT2D eigenvalue weighted by molar-refractivity contribution is 0.0596. The van der Waals surface area contributed by atoms with Crippen LogP contribution in [0.25, 0.3) is 0 Å². The smallest absolute Gasteiger partial charge is 0.360 e. The Morgan fingerprint density at radius 2 is 2.53 bits per heavy atom. The number of carbonyl (C=O) groups excluding carboxylic acids is 1. The highest BCUT2D eigenvalue weighted by atomic mass is 32.2. The van der Waals surface area contributed by atoms with Gasteiger partial charge in [0.1, 0.15) is 5.82 Å². The summed E-state index contributed by atoms with van der Waals surface area (Å²) in [7, 11) is 1.33. The normalized spacial score (nSPS) is 20.2. The van der Waals surface area contributed by atoms with Crippen molar-refractivity contribution in [1.29, 1.82) is 0 Å². The average molecular weight is 255 g/mol. The second-order valence-corrected chi connectivity index (χ2v) is 5.52. The number of rotatable bonds is 3.